The lowest BCUT2D eigenvalue weighted by Gasteiger charge is -2.22. The topological polar surface area (TPSA) is 106 Å². The van der Waals surface area contributed by atoms with Crippen LogP contribution in [-0.4, -0.2) is 55.6 Å². The van der Waals surface area contributed by atoms with Crippen molar-refractivity contribution in [1.82, 2.24) is 9.47 Å². The maximum Gasteiger partial charge on any atom is 0.482 e. The van der Waals surface area contributed by atoms with Crippen molar-refractivity contribution in [1.29, 1.82) is 0 Å². The van der Waals surface area contributed by atoms with Gasteiger partial charge in [0, 0.05) is 18.1 Å². The predicted molar refractivity (Wildman–Crippen MR) is 150 cm³/mol. The van der Waals surface area contributed by atoms with E-state index in [1.165, 1.54) is 0 Å². The number of esters is 2. The molecule has 2 saturated carbocycles. The van der Waals surface area contributed by atoms with Gasteiger partial charge in [0.2, 0.25) is 13.6 Å². The third-order valence-corrected chi connectivity index (χ3v) is 9.03. The molecule has 0 radical (unpaired) electrons. The van der Waals surface area contributed by atoms with E-state index in [4.69, 9.17) is 23.0 Å². The average Bonchev–Trinajstić information content (AvgIpc) is 3.33. The minimum Gasteiger partial charge on any atom is -0.438 e. The van der Waals surface area contributed by atoms with E-state index in [9.17, 15) is 14.2 Å². The highest BCUT2D eigenvalue weighted by Gasteiger charge is 2.31. The number of para-hydroxylation sites is 1. The zero-order chi connectivity index (χ0) is 28.4. The first-order valence-electron chi connectivity index (χ1n) is 14.4. The summed E-state index contributed by atoms with van der Waals surface area (Å²) in [6, 6.07) is 7.91. The summed E-state index contributed by atoms with van der Waals surface area (Å²) in [6.07, 6.45) is 12.1. The summed E-state index contributed by atoms with van der Waals surface area (Å²) < 4.78 is 42.4. The number of hydrogen-bond acceptors (Lipinski definition) is 9. The Hall–Kier alpha value is -2.23. The average molecular weight is 579 g/mol. The molecule has 1 aromatic carbocycles. The summed E-state index contributed by atoms with van der Waals surface area (Å²) in [7, 11) is -0.214. The molecule has 4 rings (SSSR count). The first-order chi connectivity index (χ1) is 19.3. The van der Waals surface area contributed by atoms with Crippen LogP contribution in [0.2, 0.25) is 0 Å². The number of benzene rings is 1. The van der Waals surface area contributed by atoms with Crippen molar-refractivity contribution in [3.8, 4) is 0 Å². The van der Waals surface area contributed by atoms with Crippen LogP contribution >= 0.6 is 7.82 Å². The third kappa shape index (κ3) is 8.88. The van der Waals surface area contributed by atoms with Crippen molar-refractivity contribution in [3.05, 3.63) is 36.0 Å². The number of carbonyl (C=O) groups is 2. The number of hydrogen-bond donors (Lipinski definition) is 0. The van der Waals surface area contributed by atoms with E-state index in [2.05, 4.69) is 4.90 Å². The Morgan fingerprint density at radius 1 is 0.850 bits per heavy atom. The largest absolute Gasteiger partial charge is 0.482 e. The van der Waals surface area contributed by atoms with Crippen LogP contribution in [0.15, 0.2) is 30.5 Å². The summed E-state index contributed by atoms with van der Waals surface area (Å²) >= 11 is 0. The molecule has 2 aromatic rings. The summed E-state index contributed by atoms with van der Waals surface area (Å²) in [5.74, 6) is -1.11. The summed E-state index contributed by atoms with van der Waals surface area (Å²) in [5.41, 5.74) is 2.04. The first-order valence-corrected chi connectivity index (χ1v) is 15.9. The van der Waals surface area contributed by atoms with Crippen molar-refractivity contribution in [2.24, 2.45) is 11.8 Å². The molecule has 0 saturated heterocycles. The number of carbonyl (C=O) groups excluding carboxylic acids is 2. The van der Waals surface area contributed by atoms with Crippen LogP contribution in [0.4, 0.5) is 0 Å². The lowest BCUT2D eigenvalue weighted by Crippen LogP contribution is -2.22. The molecule has 1 aromatic heterocycles. The van der Waals surface area contributed by atoms with Gasteiger partial charge in [-0.25, -0.2) is 13.6 Å². The molecule has 10 nitrogen and oxygen atoms in total. The molecule has 2 aliphatic rings. The highest BCUT2D eigenvalue weighted by molar-refractivity contribution is 7.48. The smallest absolute Gasteiger partial charge is 0.438 e. The van der Waals surface area contributed by atoms with Gasteiger partial charge < -0.3 is 18.9 Å². The van der Waals surface area contributed by atoms with E-state index in [0.717, 1.165) is 93.6 Å². The maximum atomic E-state index is 13.6. The van der Waals surface area contributed by atoms with E-state index in [0.29, 0.717) is 0 Å². The van der Waals surface area contributed by atoms with Crippen LogP contribution in [-0.2, 0) is 50.4 Å². The molecule has 40 heavy (non-hydrogen) atoms. The fraction of sp³-hybridized carbons (Fsp3) is 0.655. The van der Waals surface area contributed by atoms with Crippen LogP contribution in [0.5, 0.6) is 0 Å². The number of phosphoric ester groups is 1. The van der Waals surface area contributed by atoms with Gasteiger partial charge >= 0.3 is 19.8 Å². The quantitative estimate of drug-likeness (QED) is 0.151. The molecular formula is C29H43N2O8P. The molecule has 0 N–H and O–H groups in total. The number of rotatable bonds is 14. The molecular weight excluding hydrogens is 535 g/mol. The summed E-state index contributed by atoms with van der Waals surface area (Å²) in [4.78, 5) is 27.0. The molecule has 0 atom stereocenters. The molecule has 0 bridgehead atoms. The summed E-state index contributed by atoms with van der Waals surface area (Å²) in [5, 5.41) is 1.08. The van der Waals surface area contributed by atoms with Crippen molar-refractivity contribution in [2.45, 2.75) is 77.4 Å². The lowest BCUT2D eigenvalue weighted by atomic mass is 9.89. The Kier molecular flexibility index (Phi) is 11.6. The van der Waals surface area contributed by atoms with Gasteiger partial charge in [0.05, 0.1) is 17.4 Å². The molecule has 11 heteroatoms. The van der Waals surface area contributed by atoms with E-state index in [-0.39, 0.29) is 30.5 Å². The molecule has 0 aliphatic heterocycles. The van der Waals surface area contributed by atoms with Gasteiger partial charge in [0.1, 0.15) is 6.73 Å². The molecule has 0 spiro atoms. The van der Waals surface area contributed by atoms with Crippen LogP contribution < -0.4 is 0 Å². The first kappa shape index (κ1) is 30.7. The number of fused-ring (bicyclic) bond motifs is 1. The van der Waals surface area contributed by atoms with Gasteiger partial charge in [-0.3, -0.25) is 14.1 Å². The standard InChI is InChI=1S/C29H43N2O8P/c1-30(2)18-17-25-19-31(27-16-10-9-15-26(25)27)20-37-40(34,38-21-35-28(32)23-11-5-3-6-12-23)39-22-36-29(33)24-13-7-4-8-14-24/h9-10,15-16,19,23-24H,3-8,11-14,17-18,20-22H2,1-2H3. The maximum absolute atomic E-state index is 13.6. The number of nitrogens with zero attached hydrogens (tertiary/aromatic N) is 2. The fourth-order valence-corrected chi connectivity index (χ4v) is 6.28. The van der Waals surface area contributed by atoms with Crippen molar-refractivity contribution < 1.29 is 37.2 Å². The Balaban J connectivity index is 1.39. The van der Waals surface area contributed by atoms with E-state index < -0.39 is 21.4 Å². The Bertz CT molecular complexity index is 1110. The molecule has 1 heterocycles. The molecule has 2 aliphatic carbocycles. The highest BCUT2D eigenvalue weighted by Crippen LogP contribution is 2.50. The zero-order valence-electron chi connectivity index (χ0n) is 23.8. The minimum absolute atomic E-state index is 0.132. The predicted octanol–water partition coefficient (Wildman–Crippen LogP) is 6.02. The number of ether oxygens (including phenoxy) is 2. The number of aromatic nitrogens is 1. The Labute approximate surface area is 236 Å². The summed E-state index contributed by atoms with van der Waals surface area (Å²) in [6.45, 7) is -0.418. The van der Waals surface area contributed by atoms with Crippen LogP contribution in [0.3, 0.4) is 0 Å². The van der Waals surface area contributed by atoms with E-state index in [1.807, 2.05) is 49.1 Å². The normalized spacial score (nSPS) is 17.4. The molecule has 2 fully saturated rings. The van der Waals surface area contributed by atoms with E-state index >= 15 is 0 Å². The van der Waals surface area contributed by atoms with Crippen LogP contribution in [0, 0.1) is 11.8 Å². The number of likely N-dealkylation sites (N-methyl/N-ethyl adjacent to an activating group) is 1. The SMILES string of the molecule is CN(C)CCc1cn(COP(=O)(OCOC(=O)C2CCCCC2)OCOC(=O)C2CCCCC2)c2ccccc12. The van der Waals surface area contributed by atoms with Gasteiger partial charge in [-0.2, -0.15) is 0 Å². The van der Waals surface area contributed by atoms with Crippen LogP contribution in [0.1, 0.15) is 69.8 Å². The van der Waals surface area contributed by atoms with Crippen LogP contribution in [0.25, 0.3) is 10.9 Å². The second kappa shape index (κ2) is 15.1. The Morgan fingerprint density at radius 3 is 1.95 bits per heavy atom. The zero-order valence-corrected chi connectivity index (χ0v) is 24.7. The molecule has 0 amide bonds. The number of phosphoric acid groups is 1. The van der Waals surface area contributed by atoms with Gasteiger partial charge in [-0.15, -0.1) is 0 Å². The van der Waals surface area contributed by atoms with Gasteiger partial charge in [0.15, 0.2) is 0 Å². The molecule has 222 valence electrons. The monoisotopic (exact) mass is 578 g/mol. The second-order valence-corrected chi connectivity index (χ2v) is 12.7. The second-order valence-electron chi connectivity index (χ2n) is 11.0. The lowest BCUT2D eigenvalue weighted by molar-refractivity contribution is -0.160. The molecule has 0 unspecified atom stereocenters. The third-order valence-electron chi connectivity index (χ3n) is 7.76. The van der Waals surface area contributed by atoms with Crippen molar-refractivity contribution in [2.75, 3.05) is 34.2 Å². The van der Waals surface area contributed by atoms with Gasteiger partial charge in [-0.05, 0) is 57.8 Å². The van der Waals surface area contributed by atoms with Gasteiger partial charge in [-0.1, -0.05) is 56.7 Å². The van der Waals surface area contributed by atoms with Gasteiger partial charge in [0.25, 0.3) is 0 Å². The fourth-order valence-electron chi connectivity index (χ4n) is 5.43. The van der Waals surface area contributed by atoms with Crippen molar-refractivity contribution in [3.63, 3.8) is 0 Å². The minimum atomic E-state index is -4.26. The van der Waals surface area contributed by atoms with E-state index in [1.54, 1.807) is 0 Å². The highest BCUT2D eigenvalue weighted by atomic mass is 31.2. The Morgan fingerprint density at radius 2 is 1.40 bits per heavy atom. The van der Waals surface area contributed by atoms with Crippen molar-refractivity contribution >= 4 is 30.7 Å².